The van der Waals surface area contributed by atoms with Gasteiger partial charge in [0.2, 0.25) is 12.2 Å². The molecule has 0 fully saturated rings. The molecule has 22 heavy (non-hydrogen) atoms. The standard InChI is InChI=1S/C14H15N3O3S.ClH/c18-13-9(8-16-14(17-13)15-5-6-21)7-12-19-10-3-1-2-4-11(10)20-12;/h1-4,8,12,21H,5-7H2,(H2,15,16,17,18);1H. The van der Waals surface area contributed by atoms with E-state index in [1.807, 2.05) is 24.3 Å². The molecule has 0 amide bonds. The lowest BCUT2D eigenvalue weighted by Gasteiger charge is -2.10. The van der Waals surface area contributed by atoms with Gasteiger partial charge < -0.3 is 14.8 Å². The van der Waals surface area contributed by atoms with E-state index < -0.39 is 6.29 Å². The molecule has 1 aliphatic rings. The lowest BCUT2D eigenvalue weighted by atomic mass is 10.2. The molecular weight excluding hydrogens is 326 g/mol. The van der Waals surface area contributed by atoms with Crippen molar-refractivity contribution >= 4 is 31.0 Å². The molecule has 0 radical (unpaired) electrons. The van der Waals surface area contributed by atoms with Gasteiger partial charge in [-0.25, -0.2) is 4.98 Å². The number of hydrogen-bond donors (Lipinski definition) is 3. The molecule has 0 unspecified atom stereocenters. The molecule has 1 aliphatic heterocycles. The lowest BCUT2D eigenvalue weighted by Crippen LogP contribution is -2.26. The second-order valence-corrected chi connectivity index (χ2v) is 5.00. The van der Waals surface area contributed by atoms with Crippen LogP contribution in [0.3, 0.4) is 0 Å². The van der Waals surface area contributed by atoms with Crippen LogP contribution in [0.4, 0.5) is 5.95 Å². The molecule has 6 nitrogen and oxygen atoms in total. The summed E-state index contributed by atoms with van der Waals surface area (Å²) in [6, 6.07) is 7.42. The molecule has 0 saturated carbocycles. The van der Waals surface area contributed by atoms with Gasteiger partial charge in [0.1, 0.15) is 0 Å². The lowest BCUT2D eigenvalue weighted by molar-refractivity contribution is 0.0499. The molecule has 2 heterocycles. The summed E-state index contributed by atoms with van der Waals surface area (Å²) in [4.78, 5) is 18.8. The van der Waals surface area contributed by atoms with Gasteiger partial charge in [0, 0.05) is 24.1 Å². The third kappa shape index (κ3) is 3.66. The first-order valence-corrected chi connectivity index (χ1v) is 7.25. The highest BCUT2D eigenvalue weighted by Gasteiger charge is 2.24. The van der Waals surface area contributed by atoms with Gasteiger partial charge in [0.05, 0.1) is 6.42 Å². The summed E-state index contributed by atoms with van der Waals surface area (Å²) in [5.74, 6) is 2.49. The van der Waals surface area contributed by atoms with E-state index in [1.54, 1.807) is 0 Å². The Morgan fingerprint density at radius 3 is 2.55 bits per heavy atom. The fraction of sp³-hybridized carbons (Fsp3) is 0.286. The Bertz CT molecular complexity index is 670. The minimum atomic E-state index is -0.499. The van der Waals surface area contributed by atoms with Gasteiger partial charge in [0.15, 0.2) is 11.5 Å². The third-order valence-electron chi connectivity index (χ3n) is 3.03. The topological polar surface area (TPSA) is 76.2 Å². The molecule has 0 aliphatic carbocycles. The Hall–Kier alpha value is -1.86. The second kappa shape index (κ2) is 7.42. The number of ether oxygens (including phenoxy) is 2. The maximum atomic E-state index is 12.0. The molecule has 3 rings (SSSR count). The smallest absolute Gasteiger partial charge is 0.255 e. The molecular formula is C14H16ClN3O3S. The molecule has 2 aromatic rings. The van der Waals surface area contributed by atoms with E-state index in [2.05, 4.69) is 27.9 Å². The second-order valence-electron chi connectivity index (χ2n) is 4.55. The number of aromatic nitrogens is 2. The summed E-state index contributed by atoms with van der Waals surface area (Å²) < 4.78 is 11.3. The highest BCUT2D eigenvalue weighted by molar-refractivity contribution is 7.80. The highest BCUT2D eigenvalue weighted by atomic mass is 35.5. The Kier molecular flexibility index (Phi) is 5.57. The van der Waals surface area contributed by atoms with Crippen LogP contribution in [0.1, 0.15) is 5.56 Å². The van der Waals surface area contributed by atoms with Crippen molar-refractivity contribution in [2.24, 2.45) is 0 Å². The van der Waals surface area contributed by atoms with Crippen LogP contribution in [0.15, 0.2) is 35.3 Å². The van der Waals surface area contributed by atoms with Crippen LogP contribution in [0.2, 0.25) is 0 Å². The predicted molar refractivity (Wildman–Crippen MR) is 89.6 cm³/mol. The summed E-state index contributed by atoms with van der Waals surface area (Å²) >= 11 is 4.08. The van der Waals surface area contributed by atoms with Crippen molar-refractivity contribution < 1.29 is 9.47 Å². The molecule has 0 atom stereocenters. The quantitative estimate of drug-likeness (QED) is 0.724. The number of anilines is 1. The Labute approximate surface area is 139 Å². The fourth-order valence-corrected chi connectivity index (χ4v) is 2.16. The SMILES string of the molecule is Cl.O=c1[nH]c(NCCS)ncc1CC1Oc2ccccc2O1. The molecule has 118 valence electrons. The van der Waals surface area contributed by atoms with Gasteiger partial charge in [-0.15, -0.1) is 12.4 Å². The summed E-state index contributed by atoms with van der Waals surface area (Å²) in [6.45, 7) is 0.634. The Morgan fingerprint density at radius 2 is 1.95 bits per heavy atom. The van der Waals surface area contributed by atoms with Crippen molar-refractivity contribution in [3.05, 3.63) is 46.4 Å². The number of para-hydroxylation sites is 2. The number of fused-ring (bicyclic) bond motifs is 1. The monoisotopic (exact) mass is 341 g/mol. The number of halogens is 1. The number of hydrogen-bond acceptors (Lipinski definition) is 6. The summed E-state index contributed by atoms with van der Waals surface area (Å²) in [7, 11) is 0. The highest BCUT2D eigenvalue weighted by Crippen LogP contribution is 2.34. The maximum absolute atomic E-state index is 12.0. The number of nitrogens with one attached hydrogen (secondary N) is 2. The fourth-order valence-electron chi connectivity index (χ4n) is 2.05. The van der Waals surface area contributed by atoms with Gasteiger partial charge >= 0.3 is 0 Å². The van der Waals surface area contributed by atoms with E-state index >= 15 is 0 Å². The van der Waals surface area contributed by atoms with E-state index in [1.165, 1.54) is 6.20 Å². The van der Waals surface area contributed by atoms with Crippen molar-refractivity contribution in [1.82, 2.24) is 9.97 Å². The number of H-pyrrole nitrogens is 1. The van der Waals surface area contributed by atoms with E-state index in [-0.39, 0.29) is 18.0 Å². The first kappa shape index (κ1) is 16.5. The minimum absolute atomic E-state index is 0. The van der Waals surface area contributed by atoms with E-state index in [0.29, 0.717) is 41.7 Å². The zero-order valence-corrected chi connectivity index (χ0v) is 13.3. The average molecular weight is 342 g/mol. The number of aromatic amines is 1. The van der Waals surface area contributed by atoms with Gasteiger partial charge in [-0.05, 0) is 12.1 Å². The van der Waals surface area contributed by atoms with E-state index in [4.69, 9.17) is 9.47 Å². The zero-order chi connectivity index (χ0) is 14.7. The van der Waals surface area contributed by atoms with Crippen molar-refractivity contribution in [2.75, 3.05) is 17.6 Å². The van der Waals surface area contributed by atoms with Crippen LogP contribution in [0, 0.1) is 0 Å². The van der Waals surface area contributed by atoms with Crippen LogP contribution in [0.25, 0.3) is 0 Å². The van der Waals surface area contributed by atoms with Crippen LogP contribution in [-0.4, -0.2) is 28.6 Å². The van der Waals surface area contributed by atoms with E-state index in [0.717, 1.165) is 0 Å². The number of benzene rings is 1. The zero-order valence-electron chi connectivity index (χ0n) is 11.6. The Morgan fingerprint density at radius 1 is 1.27 bits per heavy atom. The van der Waals surface area contributed by atoms with Gasteiger partial charge in [0.25, 0.3) is 5.56 Å². The van der Waals surface area contributed by atoms with E-state index in [9.17, 15) is 4.79 Å². The normalized spacial score (nSPS) is 12.8. The first-order chi connectivity index (χ1) is 10.3. The molecule has 2 N–H and O–H groups in total. The van der Waals surface area contributed by atoms with Crippen LogP contribution in [0.5, 0.6) is 11.5 Å². The van der Waals surface area contributed by atoms with Crippen molar-refractivity contribution in [2.45, 2.75) is 12.7 Å². The largest absolute Gasteiger partial charge is 0.451 e. The average Bonchev–Trinajstić information content (AvgIpc) is 2.90. The van der Waals surface area contributed by atoms with Gasteiger partial charge in [-0.3, -0.25) is 9.78 Å². The number of nitrogens with zero attached hydrogens (tertiary/aromatic N) is 1. The molecule has 8 heteroatoms. The molecule has 1 aromatic heterocycles. The molecule has 1 aromatic carbocycles. The first-order valence-electron chi connectivity index (χ1n) is 6.61. The number of rotatable bonds is 5. The summed E-state index contributed by atoms with van der Waals surface area (Å²) in [5.41, 5.74) is 0.319. The molecule has 0 spiro atoms. The molecule has 0 bridgehead atoms. The maximum Gasteiger partial charge on any atom is 0.255 e. The van der Waals surface area contributed by atoms with Crippen LogP contribution >= 0.6 is 25.0 Å². The van der Waals surface area contributed by atoms with Crippen LogP contribution < -0.4 is 20.3 Å². The van der Waals surface area contributed by atoms with Crippen molar-refractivity contribution in [3.8, 4) is 11.5 Å². The number of thiol groups is 1. The summed E-state index contributed by atoms with van der Waals surface area (Å²) in [5, 5.41) is 2.96. The molecule has 0 saturated heterocycles. The summed E-state index contributed by atoms with van der Waals surface area (Å²) in [6.07, 6.45) is 1.38. The van der Waals surface area contributed by atoms with Gasteiger partial charge in [-0.2, -0.15) is 12.6 Å². The van der Waals surface area contributed by atoms with Gasteiger partial charge in [-0.1, -0.05) is 12.1 Å². The third-order valence-corrected chi connectivity index (χ3v) is 3.25. The van der Waals surface area contributed by atoms with Crippen molar-refractivity contribution in [1.29, 1.82) is 0 Å². The van der Waals surface area contributed by atoms with Crippen molar-refractivity contribution in [3.63, 3.8) is 0 Å². The van der Waals surface area contributed by atoms with Crippen LogP contribution in [-0.2, 0) is 6.42 Å². The minimum Gasteiger partial charge on any atom is -0.451 e. The predicted octanol–water partition coefficient (Wildman–Crippen LogP) is 1.87. The Balaban J connectivity index is 0.00000176.